The zero-order valence-corrected chi connectivity index (χ0v) is 24.6. The van der Waals surface area contributed by atoms with Crippen LogP contribution in [0.4, 0.5) is 19.0 Å². The van der Waals surface area contributed by atoms with Gasteiger partial charge in [-0.1, -0.05) is 6.92 Å². The maximum absolute atomic E-state index is 14.0. The molecule has 3 atom stereocenters. The fourth-order valence-corrected chi connectivity index (χ4v) is 6.28. The molecule has 4 aromatic rings. The highest BCUT2D eigenvalue weighted by Crippen LogP contribution is 2.57. The van der Waals surface area contributed by atoms with Gasteiger partial charge < -0.3 is 14.8 Å². The summed E-state index contributed by atoms with van der Waals surface area (Å²) >= 11 is 0. The molecule has 1 saturated heterocycles. The Hall–Kier alpha value is -4.68. The molecule has 0 radical (unpaired) electrons. The van der Waals surface area contributed by atoms with Crippen LogP contribution in [0.25, 0.3) is 22.0 Å². The largest absolute Gasteiger partial charge is 0.434 e. The van der Waals surface area contributed by atoms with Crippen molar-refractivity contribution in [3.05, 3.63) is 65.8 Å². The lowest BCUT2D eigenvalue weighted by atomic mass is 9.92. The van der Waals surface area contributed by atoms with Crippen molar-refractivity contribution in [2.24, 2.45) is 5.41 Å². The number of aryl methyl sites for hydroxylation is 2. The average molecular weight is 606 g/mol. The van der Waals surface area contributed by atoms with E-state index in [0.29, 0.717) is 35.8 Å². The summed E-state index contributed by atoms with van der Waals surface area (Å²) in [5.74, 6) is -0.806. The monoisotopic (exact) mass is 605 g/mol. The smallest absolute Gasteiger partial charge is 0.337 e. The van der Waals surface area contributed by atoms with E-state index in [2.05, 4.69) is 32.2 Å². The van der Waals surface area contributed by atoms with Crippen LogP contribution in [-0.2, 0) is 22.3 Å². The molecule has 1 aliphatic carbocycles. The van der Waals surface area contributed by atoms with E-state index in [1.54, 1.807) is 35.0 Å². The molecule has 1 aromatic carbocycles. The van der Waals surface area contributed by atoms with Crippen LogP contribution in [0.1, 0.15) is 60.5 Å². The molecule has 44 heavy (non-hydrogen) atoms. The van der Waals surface area contributed by atoms with Gasteiger partial charge in [0.15, 0.2) is 17.3 Å². The second kappa shape index (κ2) is 10.5. The van der Waals surface area contributed by atoms with Gasteiger partial charge in [0.25, 0.3) is 0 Å². The fourth-order valence-electron chi connectivity index (χ4n) is 6.28. The third-order valence-corrected chi connectivity index (χ3v) is 8.69. The van der Waals surface area contributed by atoms with E-state index in [1.807, 2.05) is 19.1 Å². The highest BCUT2D eigenvalue weighted by atomic mass is 19.4. The Kier molecular flexibility index (Phi) is 7.01. The normalized spacial score (nSPS) is 21.2. The number of anilines is 1. The van der Waals surface area contributed by atoms with Crippen LogP contribution in [0, 0.1) is 19.3 Å². The van der Waals surface area contributed by atoms with Gasteiger partial charge in [-0.2, -0.15) is 13.2 Å². The number of ketones is 1. The van der Waals surface area contributed by atoms with Gasteiger partial charge >= 0.3 is 6.18 Å². The highest BCUT2D eigenvalue weighted by molar-refractivity contribution is 6.09. The lowest BCUT2D eigenvalue weighted by Gasteiger charge is -2.37. The number of halogens is 3. The van der Waals surface area contributed by atoms with E-state index in [9.17, 15) is 27.6 Å². The van der Waals surface area contributed by atoms with Crippen LogP contribution in [0.3, 0.4) is 0 Å². The average Bonchev–Trinajstić information content (AvgIpc) is 3.52. The zero-order chi connectivity index (χ0) is 31.6. The van der Waals surface area contributed by atoms with Crippen molar-refractivity contribution in [2.45, 2.75) is 71.8 Å². The topological polar surface area (TPSA) is 123 Å². The van der Waals surface area contributed by atoms with Crippen molar-refractivity contribution in [3.63, 3.8) is 0 Å². The number of Topliss-reactive ketones (excluding diaryl/α,β-unsaturated/α-hetero) is 1. The zero-order valence-electron chi connectivity index (χ0n) is 24.6. The summed E-state index contributed by atoms with van der Waals surface area (Å²) in [6.45, 7) is 7.09. The van der Waals surface area contributed by atoms with E-state index >= 15 is 0 Å². The molecule has 1 saturated carbocycles. The predicted octanol–water partition coefficient (Wildman–Crippen LogP) is 5.13. The molecule has 2 aliphatic rings. The number of carbonyl (C=O) groups excluding carboxylic acids is 3. The first-order valence-electron chi connectivity index (χ1n) is 14.2. The van der Waals surface area contributed by atoms with Crippen molar-refractivity contribution < 1.29 is 27.6 Å². The number of rotatable bonds is 6. The molecule has 2 amide bonds. The third-order valence-electron chi connectivity index (χ3n) is 8.69. The van der Waals surface area contributed by atoms with Crippen LogP contribution in [0.5, 0.6) is 0 Å². The van der Waals surface area contributed by atoms with Crippen molar-refractivity contribution >= 4 is 34.3 Å². The number of nitrogens with one attached hydrogen (secondary N) is 1. The molecule has 1 aliphatic heterocycles. The molecule has 3 aromatic heterocycles. The lowest BCUT2D eigenvalue weighted by molar-refractivity contribution is -0.142. The molecule has 13 heteroatoms. The van der Waals surface area contributed by atoms with E-state index in [4.69, 9.17) is 0 Å². The van der Waals surface area contributed by atoms with Crippen molar-refractivity contribution in [1.29, 1.82) is 0 Å². The number of carbonyl (C=O) groups is 3. The van der Waals surface area contributed by atoms with Gasteiger partial charge in [-0.25, -0.2) is 15.0 Å². The molecule has 6 rings (SSSR count). The van der Waals surface area contributed by atoms with Gasteiger partial charge in [0.1, 0.15) is 18.4 Å². The van der Waals surface area contributed by atoms with Crippen LogP contribution < -0.4 is 5.32 Å². The Morgan fingerprint density at radius 3 is 2.48 bits per heavy atom. The van der Waals surface area contributed by atoms with Gasteiger partial charge in [-0.05, 0) is 68.7 Å². The molecule has 2 fully saturated rings. The molecule has 4 heterocycles. The lowest BCUT2D eigenvalue weighted by Crippen LogP contribution is -2.53. The van der Waals surface area contributed by atoms with E-state index in [-0.39, 0.29) is 35.5 Å². The number of hydrogen-bond acceptors (Lipinski definition) is 7. The minimum absolute atomic E-state index is 0.128. The number of benzene rings is 1. The quantitative estimate of drug-likeness (QED) is 0.302. The highest BCUT2D eigenvalue weighted by Gasteiger charge is 2.60. The SMILES string of the molecule is CC(=O)c1cn(CC(=O)N2[C@H](C(=O)Nc3cncc(C(F)(F)F)n3)CC[C@@]3(C)C[C@@H]23)c2c(C)cc(-c3cnc(C)nc3)cc12. The molecular weight excluding hydrogens is 575 g/mol. The molecule has 10 nitrogen and oxygen atoms in total. The standard InChI is InChI=1S/C31H30F3N7O3/c1-16-7-19(20-10-36-18(3)37-11-20)8-21-22(17(2)42)14-40(28(16)21)15-27(43)41-23(5-6-30(4)9-25(30)41)29(44)39-26-13-35-12-24(38-26)31(32,33)34/h7-8,10-14,23,25H,5-6,9,15H2,1-4H3,(H,38,39,44)/t23-,25+,30-/m0/s1. The van der Waals surface area contributed by atoms with Crippen LogP contribution in [-0.4, -0.2) is 59.1 Å². The summed E-state index contributed by atoms with van der Waals surface area (Å²) in [5.41, 5.74) is 2.28. The predicted molar refractivity (Wildman–Crippen MR) is 154 cm³/mol. The Morgan fingerprint density at radius 1 is 1.07 bits per heavy atom. The van der Waals surface area contributed by atoms with E-state index in [1.165, 1.54) is 6.92 Å². The third kappa shape index (κ3) is 5.31. The maximum atomic E-state index is 14.0. The van der Waals surface area contributed by atoms with Crippen LogP contribution in [0.15, 0.2) is 43.1 Å². The number of fused-ring (bicyclic) bond motifs is 2. The Balaban J connectivity index is 1.31. The minimum atomic E-state index is -4.72. The first-order valence-corrected chi connectivity index (χ1v) is 14.2. The van der Waals surface area contributed by atoms with Crippen LogP contribution >= 0.6 is 0 Å². The number of likely N-dealkylation sites (tertiary alicyclic amines) is 1. The Morgan fingerprint density at radius 2 is 1.80 bits per heavy atom. The van der Waals surface area contributed by atoms with Crippen molar-refractivity contribution in [2.75, 3.05) is 5.32 Å². The van der Waals surface area contributed by atoms with Crippen molar-refractivity contribution in [1.82, 2.24) is 29.4 Å². The van der Waals surface area contributed by atoms with Gasteiger partial charge in [-0.3, -0.25) is 19.4 Å². The fraction of sp³-hybridized carbons (Fsp3) is 0.387. The Labute approximate surface area is 250 Å². The minimum Gasteiger partial charge on any atom is -0.337 e. The summed E-state index contributed by atoms with van der Waals surface area (Å²) < 4.78 is 41.2. The molecule has 1 N–H and O–H groups in total. The van der Waals surface area contributed by atoms with E-state index < -0.39 is 23.8 Å². The van der Waals surface area contributed by atoms with Gasteiger partial charge in [0.2, 0.25) is 11.8 Å². The van der Waals surface area contributed by atoms with Gasteiger partial charge in [0.05, 0.1) is 17.9 Å². The number of aromatic nitrogens is 5. The second-order valence-corrected chi connectivity index (χ2v) is 11.9. The Bertz CT molecular complexity index is 1820. The first-order chi connectivity index (χ1) is 20.7. The number of nitrogens with zero attached hydrogens (tertiary/aromatic N) is 6. The van der Waals surface area contributed by atoms with E-state index in [0.717, 1.165) is 34.8 Å². The summed E-state index contributed by atoms with van der Waals surface area (Å²) in [4.78, 5) is 57.3. The number of amides is 2. The number of hydrogen-bond donors (Lipinski definition) is 1. The molecule has 0 bridgehead atoms. The van der Waals surface area contributed by atoms with Crippen LogP contribution in [0.2, 0.25) is 0 Å². The summed E-state index contributed by atoms with van der Waals surface area (Å²) in [6, 6.07) is 2.75. The molecule has 228 valence electrons. The summed E-state index contributed by atoms with van der Waals surface area (Å²) in [6.07, 6.45) is 3.76. The molecule has 0 spiro atoms. The molecular formula is C31H30F3N7O3. The summed E-state index contributed by atoms with van der Waals surface area (Å²) in [5, 5.41) is 3.13. The number of alkyl halides is 3. The molecule has 0 unspecified atom stereocenters. The maximum Gasteiger partial charge on any atom is 0.434 e. The first kappa shape index (κ1) is 29.4. The number of piperidine rings is 1. The second-order valence-electron chi connectivity index (χ2n) is 11.9. The van der Waals surface area contributed by atoms with Crippen molar-refractivity contribution in [3.8, 4) is 11.1 Å². The summed E-state index contributed by atoms with van der Waals surface area (Å²) in [7, 11) is 0. The van der Waals surface area contributed by atoms with Gasteiger partial charge in [-0.15, -0.1) is 0 Å². The van der Waals surface area contributed by atoms with Gasteiger partial charge in [0, 0.05) is 41.1 Å².